The number of sulfonamides is 1. The molecule has 1 heterocycles. The second kappa shape index (κ2) is 5.60. The van der Waals surface area contributed by atoms with E-state index in [4.69, 9.17) is 10.8 Å². The molecule has 10 heteroatoms. The molecule has 4 N–H and O–H groups in total. The summed E-state index contributed by atoms with van der Waals surface area (Å²) in [7, 11) is -3.85. The third-order valence-electron chi connectivity index (χ3n) is 1.91. The normalized spacial score (nSPS) is 11.3. The Hall–Kier alpha value is -1.94. The summed E-state index contributed by atoms with van der Waals surface area (Å²) in [5, 5.41) is 12.2. The van der Waals surface area contributed by atoms with Crippen LogP contribution in [-0.2, 0) is 26.2 Å². The summed E-state index contributed by atoms with van der Waals surface area (Å²) in [6, 6.07) is 0. The van der Waals surface area contributed by atoms with Crippen LogP contribution in [0.2, 0.25) is 0 Å². The Morgan fingerprint density at radius 3 is 2.72 bits per heavy atom. The zero-order valence-electron chi connectivity index (χ0n) is 9.24. The van der Waals surface area contributed by atoms with Gasteiger partial charge in [0.1, 0.15) is 4.90 Å². The largest absolute Gasteiger partial charge is 0.481 e. The SMILES string of the molecule is NC(=O)CNS(=O)(=O)c1cnn(CCC(=O)O)c1. The van der Waals surface area contributed by atoms with E-state index in [1.165, 1.54) is 10.9 Å². The van der Waals surface area contributed by atoms with E-state index >= 15 is 0 Å². The molecular weight excluding hydrogens is 264 g/mol. The lowest BCUT2D eigenvalue weighted by Crippen LogP contribution is -2.33. The van der Waals surface area contributed by atoms with E-state index in [9.17, 15) is 18.0 Å². The Kier molecular flexibility index (Phi) is 4.39. The van der Waals surface area contributed by atoms with Crippen LogP contribution in [0.4, 0.5) is 0 Å². The highest BCUT2D eigenvalue weighted by Gasteiger charge is 2.17. The van der Waals surface area contributed by atoms with Gasteiger partial charge in [-0.15, -0.1) is 0 Å². The number of nitrogens with zero attached hydrogens (tertiary/aromatic N) is 2. The molecule has 1 aromatic rings. The first kappa shape index (κ1) is 14.1. The number of carbonyl (C=O) groups excluding carboxylic acids is 1. The van der Waals surface area contributed by atoms with Crippen LogP contribution in [0.5, 0.6) is 0 Å². The van der Waals surface area contributed by atoms with Crippen molar-refractivity contribution in [2.45, 2.75) is 17.9 Å². The Labute approximate surface area is 103 Å². The molecule has 0 radical (unpaired) electrons. The van der Waals surface area contributed by atoms with Crippen LogP contribution < -0.4 is 10.5 Å². The number of aromatic nitrogens is 2. The minimum absolute atomic E-state index is 0.0562. The summed E-state index contributed by atoms with van der Waals surface area (Å²) in [6.07, 6.45) is 2.06. The highest BCUT2D eigenvalue weighted by Crippen LogP contribution is 2.06. The highest BCUT2D eigenvalue weighted by molar-refractivity contribution is 7.89. The van der Waals surface area contributed by atoms with E-state index in [-0.39, 0.29) is 17.9 Å². The second-order valence-electron chi connectivity index (χ2n) is 3.37. The Morgan fingerprint density at radius 1 is 1.50 bits per heavy atom. The fourth-order valence-corrected chi connectivity index (χ4v) is 2.01. The van der Waals surface area contributed by atoms with E-state index in [0.717, 1.165) is 6.20 Å². The van der Waals surface area contributed by atoms with Gasteiger partial charge >= 0.3 is 5.97 Å². The van der Waals surface area contributed by atoms with Gasteiger partial charge in [0, 0.05) is 6.20 Å². The van der Waals surface area contributed by atoms with Crippen LogP contribution >= 0.6 is 0 Å². The van der Waals surface area contributed by atoms with E-state index in [1.54, 1.807) is 0 Å². The van der Waals surface area contributed by atoms with Gasteiger partial charge in [-0.25, -0.2) is 13.1 Å². The van der Waals surface area contributed by atoms with Gasteiger partial charge in [-0.05, 0) is 0 Å². The molecule has 0 fully saturated rings. The summed E-state index contributed by atoms with van der Waals surface area (Å²) in [5.74, 6) is -1.82. The van der Waals surface area contributed by atoms with Gasteiger partial charge < -0.3 is 10.8 Å². The lowest BCUT2D eigenvalue weighted by atomic mass is 10.4. The Balaban J connectivity index is 2.72. The third kappa shape index (κ3) is 4.14. The molecule has 0 saturated carbocycles. The molecule has 1 rings (SSSR count). The van der Waals surface area contributed by atoms with Gasteiger partial charge in [0.15, 0.2) is 0 Å². The standard InChI is InChI=1S/C8H12N4O5S/c9-7(13)4-11-18(16,17)6-3-10-12(5-6)2-1-8(14)15/h3,5,11H,1-2,4H2,(H2,9,13)(H,14,15). The van der Waals surface area contributed by atoms with Gasteiger partial charge in [0.05, 0.1) is 25.7 Å². The van der Waals surface area contributed by atoms with E-state index in [1.807, 2.05) is 4.72 Å². The smallest absolute Gasteiger partial charge is 0.305 e. The minimum Gasteiger partial charge on any atom is -0.481 e. The number of nitrogens with two attached hydrogens (primary N) is 1. The number of aliphatic carboxylic acids is 1. The predicted octanol–water partition coefficient (Wildman–Crippen LogP) is -1.88. The third-order valence-corrected chi connectivity index (χ3v) is 3.27. The van der Waals surface area contributed by atoms with Crippen molar-refractivity contribution in [1.82, 2.24) is 14.5 Å². The zero-order valence-corrected chi connectivity index (χ0v) is 10.1. The highest BCUT2D eigenvalue weighted by atomic mass is 32.2. The maximum atomic E-state index is 11.6. The first-order chi connectivity index (χ1) is 8.31. The summed E-state index contributed by atoms with van der Waals surface area (Å²) in [5.41, 5.74) is 4.81. The topological polar surface area (TPSA) is 144 Å². The molecule has 9 nitrogen and oxygen atoms in total. The number of aryl methyl sites for hydroxylation is 1. The number of carbonyl (C=O) groups is 2. The number of nitrogens with one attached hydrogen (secondary N) is 1. The van der Waals surface area contributed by atoms with Crippen LogP contribution in [-0.4, -0.2) is 41.7 Å². The minimum atomic E-state index is -3.85. The molecule has 100 valence electrons. The Morgan fingerprint density at radius 2 is 2.17 bits per heavy atom. The summed E-state index contributed by atoms with van der Waals surface area (Å²) < 4.78 is 26.4. The van der Waals surface area contributed by atoms with Crippen LogP contribution in [0, 0.1) is 0 Å². The maximum Gasteiger partial charge on any atom is 0.305 e. The number of carboxylic acid groups (broad SMARTS) is 1. The van der Waals surface area contributed by atoms with Gasteiger partial charge in [0.25, 0.3) is 0 Å². The van der Waals surface area contributed by atoms with Crippen molar-refractivity contribution in [2.24, 2.45) is 5.73 Å². The Bertz CT molecular complexity index is 550. The fraction of sp³-hybridized carbons (Fsp3) is 0.375. The molecule has 0 aliphatic rings. The molecule has 0 spiro atoms. The molecule has 1 aromatic heterocycles. The van der Waals surface area contributed by atoms with Crippen LogP contribution in [0.3, 0.4) is 0 Å². The van der Waals surface area contributed by atoms with Crippen LogP contribution in [0.15, 0.2) is 17.3 Å². The number of hydrogen-bond acceptors (Lipinski definition) is 5. The van der Waals surface area contributed by atoms with Gasteiger partial charge in [-0.1, -0.05) is 0 Å². The summed E-state index contributed by atoms with van der Waals surface area (Å²) >= 11 is 0. The van der Waals surface area contributed by atoms with Crippen molar-refractivity contribution in [3.63, 3.8) is 0 Å². The first-order valence-electron chi connectivity index (χ1n) is 4.83. The number of amides is 1. The second-order valence-corrected chi connectivity index (χ2v) is 5.14. The van der Waals surface area contributed by atoms with Crippen LogP contribution in [0.25, 0.3) is 0 Å². The molecule has 0 saturated heterocycles. The van der Waals surface area contributed by atoms with Gasteiger partial charge in [-0.2, -0.15) is 5.10 Å². The van der Waals surface area contributed by atoms with Crippen LogP contribution in [0.1, 0.15) is 6.42 Å². The monoisotopic (exact) mass is 276 g/mol. The van der Waals surface area contributed by atoms with Crippen molar-refractivity contribution in [2.75, 3.05) is 6.54 Å². The first-order valence-corrected chi connectivity index (χ1v) is 6.32. The lowest BCUT2D eigenvalue weighted by molar-refractivity contribution is -0.137. The molecule has 18 heavy (non-hydrogen) atoms. The predicted molar refractivity (Wildman–Crippen MR) is 58.9 cm³/mol. The average Bonchev–Trinajstić information content (AvgIpc) is 2.73. The average molecular weight is 276 g/mol. The quantitative estimate of drug-likeness (QED) is 0.531. The molecule has 0 bridgehead atoms. The molecule has 0 aromatic carbocycles. The van der Waals surface area contributed by atoms with Gasteiger partial charge in [0.2, 0.25) is 15.9 Å². The summed E-state index contributed by atoms with van der Waals surface area (Å²) in [4.78, 5) is 20.6. The number of carboxylic acids is 1. The maximum absolute atomic E-state index is 11.6. The van der Waals surface area contributed by atoms with Crippen molar-refractivity contribution in [3.05, 3.63) is 12.4 Å². The van der Waals surface area contributed by atoms with Gasteiger partial charge in [-0.3, -0.25) is 14.3 Å². The zero-order chi connectivity index (χ0) is 13.8. The summed E-state index contributed by atoms with van der Waals surface area (Å²) in [6.45, 7) is -0.455. The van der Waals surface area contributed by atoms with E-state index in [2.05, 4.69) is 5.10 Å². The number of primary amides is 1. The van der Waals surface area contributed by atoms with E-state index < -0.39 is 28.4 Å². The fourth-order valence-electron chi connectivity index (χ4n) is 1.07. The molecule has 0 atom stereocenters. The molecule has 0 aliphatic heterocycles. The van der Waals surface area contributed by atoms with Crippen molar-refractivity contribution < 1.29 is 23.1 Å². The van der Waals surface area contributed by atoms with Crippen molar-refractivity contribution in [3.8, 4) is 0 Å². The van der Waals surface area contributed by atoms with E-state index in [0.29, 0.717) is 0 Å². The number of hydrogen-bond donors (Lipinski definition) is 3. The lowest BCUT2D eigenvalue weighted by Gasteiger charge is -2.01. The molecule has 0 aliphatic carbocycles. The van der Waals surface area contributed by atoms with Crippen molar-refractivity contribution in [1.29, 1.82) is 0 Å². The molecule has 0 unspecified atom stereocenters. The number of rotatable bonds is 7. The molecular formula is C8H12N4O5S. The van der Waals surface area contributed by atoms with Crippen molar-refractivity contribution >= 4 is 21.9 Å². The molecule has 1 amide bonds.